The van der Waals surface area contributed by atoms with Gasteiger partial charge in [0.15, 0.2) is 0 Å². The van der Waals surface area contributed by atoms with Gasteiger partial charge in [0, 0.05) is 19.7 Å². The van der Waals surface area contributed by atoms with Crippen molar-refractivity contribution in [2.75, 3.05) is 24.2 Å². The van der Waals surface area contributed by atoms with Crippen LogP contribution in [0.25, 0.3) is 0 Å². The summed E-state index contributed by atoms with van der Waals surface area (Å²) >= 11 is 0. The Morgan fingerprint density at radius 3 is 2.67 bits per heavy atom. The molecule has 0 saturated heterocycles. The molecule has 0 spiro atoms. The van der Waals surface area contributed by atoms with Gasteiger partial charge in [0.25, 0.3) is 0 Å². The number of aromatic nitrogens is 2. The lowest BCUT2D eigenvalue weighted by Crippen LogP contribution is -2.15. The van der Waals surface area contributed by atoms with Crippen LogP contribution in [0, 0.1) is 5.41 Å². The Labute approximate surface area is 90.5 Å². The largest absolute Gasteiger partial charge is 0.373 e. The first-order chi connectivity index (χ1) is 7.28. The summed E-state index contributed by atoms with van der Waals surface area (Å²) in [5.41, 5.74) is 0.546. The van der Waals surface area contributed by atoms with Crippen molar-refractivity contribution >= 4 is 11.6 Å². The van der Waals surface area contributed by atoms with Crippen LogP contribution in [-0.4, -0.2) is 23.6 Å². The van der Waals surface area contributed by atoms with Crippen molar-refractivity contribution in [3.05, 3.63) is 12.4 Å². The van der Waals surface area contributed by atoms with E-state index in [-0.39, 0.29) is 0 Å². The molecular weight excluding hydrogens is 188 g/mol. The van der Waals surface area contributed by atoms with E-state index in [1.807, 2.05) is 13.1 Å². The molecule has 2 rings (SSSR count). The summed E-state index contributed by atoms with van der Waals surface area (Å²) < 4.78 is 0. The fraction of sp³-hybridized carbons (Fsp3) is 0.636. The highest BCUT2D eigenvalue weighted by Gasteiger charge is 2.40. The van der Waals surface area contributed by atoms with Crippen molar-refractivity contribution in [1.82, 2.24) is 9.97 Å². The predicted octanol–water partition coefficient (Wildman–Crippen LogP) is 2.12. The Morgan fingerprint density at radius 2 is 2.07 bits per heavy atom. The van der Waals surface area contributed by atoms with E-state index in [9.17, 15) is 0 Å². The van der Waals surface area contributed by atoms with Crippen LogP contribution >= 0.6 is 0 Å². The van der Waals surface area contributed by atoms with Gasteiger partial charge in [-0.1, -0.05) is 6.92 Å². The SMILES string of the molecule is CCC1(CNc2cc(NC)ncn2)CC1. The Balaban J connectivity index is 1.93. The molecular formula is C11H18N4. The van der Waals surface area contributed by atoms with Gasteiger partial charge >= 0.3 is 0 Å². The van der Waals surface area contributed by atoms with Crippen LogP contribution in [0.15, 0.2) is 12.4 Å². The van der Waals surface area contributed by atoms with Gasteiger partial charge in [-0.3, -0.25) is 0 Å². The summed E-state index contributed by atoms with van der Waals surface area (Å²) in [7, 11) is 1.86. The van der Waals surface area contributed by atoms with Gasteiger partial charge in [-0.05, 0) is 24.7 Å². The van der Waals surface area contributed by atoms with E-state index < -0.39 is 0 Å². The maximum Gasteiger partial charge on any atom is 0.131 e. The highest BCUT2D eigenvalue weighted by Crippen LogP contribution is 2.48. The van der Waals surface area contributed by atoms with Crippen molar-refractivity contribution in [1.29, 1.82) is 0 Å². The summed E-state index contributed by atoms with van der Waals surface area (Å²) in [5.74, 6) is 1.77. The number of rotatable bonds is 5. The van der Waals surface area contributed by atoms with Crippen molar-refractivity contribution < 1.29 is 0 Å². The molecule has 0 atom stereocenters. The van der Waals surface area contributed by atoms with Gasteiger partial charge < -0.3 is 10.6 Å². The fourth-order valence-electron chi connectivity index (χ4n) is 1.70. The van der Waals surface area contributed by atoms with E-state index >= 15 is 0 Å². The minimum Gasteiger partial charge on any atom is -0.373 e. The zero-order valence-corrected chi connectivity index (χ0v) is 9.38. The van der Waals surface area contributed by atoms with Crippen LogP contribution in [0.3, 0.4) is 0 Å². The molecule has 0 radical (unpaired) electrons. The number of nitrogens with one attached hydrogen (secondary N) is 2. The van der Waals surface area contributed by atoms with Crippen molar-refractivity contribution in [3.8, 4) is 0 Å². The minimum atomic E-state index is 0.546. The van der Waals surface area contributed by atoms with Crippen LogP contribution < -0.4 is 10.6 Å². The van der Waals surface area contributed by atoms with Gasteiger partial charge in [0.1, 0.15) is 18.0 Å². The molecule has 4 nitrogen and oxygen atoms in total. The zero-order chi connectivity index (χ0) is 10.7. The summed E-state index contributed by atoms with van der Waals surface area (Å²) in [6.07, 6.45) is 5.53. The summed E-state index contributed by atoms with van der Waals surface area (Å²) in [6.45, 7) is 3.29. The molecule has 1 aromatic heterocycles. The smallest absolute Gasteiger partial charge is 0.131 e. The molecule has 82 valence electrons. The third kappa shape index (κ3) is 2.37. The van der Waals surface area contributed by atoms with Crippen molar-refractivity contribution in [3.63, 3.8) is 0 Å². The molecule has 0 aromatic carbocycles. The number of hydrogen-bond donors (Lipinski definition) is 2. The van der Waals surface area contributed by atoms with Crippen LogP contribution in [0.2, 0.25) is 0 Å². The van der Waals surface area contributed by atoms with Crippen molar-refractivity contribution in [2.24, 2.45) is 5.41 Å². The lowest BCUT2D eigenvalue weighted by Gasteiger charge is -2.13. The average molecular weight is 206 g/mol. The molecule has 1 fully saturated rings. The van der Waals surface area contributed by atoms with E-state index in [0.717, 1.165) is 18.2 Å². The first-order valence-electron chi connectivity index (χ1n) is 5.52. The van der Waals surface area contributed by atoms with Crippen LogP contribution in [0.4, 0.5) is 11.6 Å². The van der Waals surface area contributed by atoms with Gasteiger partial charge in [-0.15, -0.1) is 0 Å². The van der Waals surface area contributed by atoms with E-state index in [1.165, 1.54) is 19.3 Å². The highest BCUT2D eigenvalue weighted by atomic mass is 15.1. The molecule has 15 heavy (non-hydrogen) atoms. The topological polar surface area (TPSA) is 49.8 Å². The maximum atomic E-state index is 4.19. The van der Waals surface area contributed by atoms with E-state index in [2.05, 4.69) is 27.5 Å². The molecule has 0 aliphatic heterocycles. The summed E-state index contributed by atoms with van der Waals surface area (Å²) in [6, 6.07) is 1.94. The second kappa shape index (κ2) is 4.04. The predicted molar refractivity (Wildman–Crippen MR) is 62.0 cm³/mol. The maximum absolute atomic E-state index is 4.19. The first-order valence-corrected chi connectivity index (χ1v) is 5.52. The Morgan fingerprint density at radius 1 is 1.33 bits per heavy atom. The van der Waals surface area contributed by atoms with Gasteiger partial charge in [-0.25, -0.2) is 9.97 Å². The van der Waals surface area contributed by atoms with E-state index in [4.69, 9.17) is 0 Å². The Bertz CT molecular complexity index is 333. The lowest BCUT2D eigenvalue weighted by molar-refractivity contribution is 0.520. The number of nitrogens with zero attached hydrogens (tertiary/aromatic N) is 2. The van der Waals surface area contributed by atoms with Gasteiger partial charge in [0.05, 0.1) is 0 Å². The standard InChI is InChI=1S/C11H18N4/c1-3-11(4-5-11)7-13-10-6-9(12-2)14-8-15-10/h6,8H,3-5,7H2,1-2H3,(H2,12,13,14,15). The number of anilines is 2. The Hall–Kier alpha value is -1.32. The molecule has 1 aliphatic carbocycles. The zero-order valence-electron chi connectivity index (χ0n) is 9.38. The van der Waals surface area contributed by atoms with Crippen LogP contribution in [-0.2, 0) is 0 Å². The average Bonchev–Trinajstić information content (AvgIpc) is 3.07. The molecule has 1 heterocycles. The molecule has 4 heteroatoms. The van der Waals surface area contributed by atoms with Gasteiger partial charge in [-0.2, -0.15) is 0 Å². The molecule has 1 aliphatic rings. The molecule has 0 amide bonds. The normalized spacial score (nSPS) is 17.2. The quantitative estimate of drug-likeness (QED) is 0.774. The van der Waals surface area contributed by atoms with E-state index in [0.29, 0.717) is 5.41 Å². The van der Waals surface area contributed by atoms with E-state index in [1.54, 1.807) is 6.33 Å². The third-order valence-corrected chi connectivity index (χ3v) is 3.27. The van der Waals surface area contributed by atoms with Gasteiger partial charge in [0.2, 0.25) is 0 Å². The highest BCUT2D eigenvalue weighted by molar-refractivity contribution is 5.46. The molecule has 0 unspecified atom stereocenters. The Kier molecular flexibility index (Phi) is 2.75. The lowest BCUT2D eigenvalue weighted by atomic mass is 10.0. The van der Waals surface area contributed by atoms with Crippen LogP contribution in [0.5, 0.6) is 0 Å². The fourth-order valence-corrected chi connectivity index (χ4v) is 1.70. The molecule has 1 aromatic rings. The van der Waals surface area contributed by atoms with Crippen LogP contribution in [0.1, 0.15) is 26.2 Å². The molecule has 0 bridgehead atoms. The second-order valence-corrected chi connectivity index (χ2v) is 4.25. The first kappa shape index (κ1) is 10.2. The summed E-state index contributed by atoms with van der Waals surface area (Å²) in [4.78, 5) is 8.27. The second-order valence-electron chi connectivity index (χ2n) is 4.25. The summed E-state index contributed by atoms with van der Waals surface area (Å²) in [5, 5.41) is 6.38. The minimum absolute atomic E-state index is 0.546. The van der Waals surface area contributed by atoms with Crippen molar-refractivity contribution in [2.45, 2.75) is 26.2 Å². The monoisotopic (exact) mass is 206 g/mol. The number of hydrogen-bond acceptors (Lipinski definition) is 4. The molecule has 2 N–H and O–H groups in total. The third-order valence-electron chi connectivity index (χ3n) is 3.27. The molecule has 1 saturated carbocycles.